The van der Waals surface area contributed by atoms with Gasteiger partial charge in [0, 0.05) is 17.5 Å². The topological polar surface area (TPSA) is 72.2 Å². The third-order valence-corrected chi connectivity index (χ3v) is 5.51. The van der Waals surface area contributed by atoms with Crippen LogP contribution in [0.15, 0.2) is 46.7 Å². The van der Waals surface area contributed by atoms with Crippen LogP contribution in [0.5, 0.6) is 0 Å². The maximum Gasteiger partial charge on any atom is 0.241 e. The third kappa shape index (κ3) is 3.67. The highest BCUT2D eigenvalue weighted by atomic mass is 32.2. The SMILES string of the molecule is CC(Cc1cccs1)NS(=O)(=O)c1ccccc1CN. The van der Waals surface area contributed by atoms with Gasteiger partial charge in [0.25, 0.3) is 0 Å². The summed E-state index contributed by atoms with van der Waals surface area (Å²) in [5.41, 5.74) is 6.23. The van der Waals surface area contributed by atoms with Crippen molar-refractivity contribution in [3.05, 3.63) is 52.2 Å². The number of hydrogen-bond acceptors (Lipinski definition) is 4. The summed E-state index contributed by atoms with van der Waals surface area (Å²) in [7, 11) is -3.53. The largest absolute Gasteiger partial charge is 0.326 e. The lowest BCUT2D eigenvalue weighted by Gasteiger charge is -2.15. The van der Waals surface area contributed by atoms with Crippen LogP contribution in [0.2, 0.25) is 0 Å². The predicted molar refractivity (Wildman–Crippen MR) is 82.1 cm³/mol. The van der Waals surface area contributed by atoms with E-state index >= 15 is 0 Å². The van der Waals surface area contributed by atoms with E-state index < -0.39 is 10.0 Å². The Balaban J connectivity index is 2.14. The lowest BCUT2D eigenvalue weighted by Crippen LogP contribution is -2.34. The van der Waals surface area contributed by atoms with Crippen LogP contribution < -0.4 is 10.5 Å². The molecule has 0 saturated heterocycles. The zero-order valence-corrected chi connectivity index (χ0v) is 12.9. The van der Waals surface area contributed by atoms with Gasteiger partial charge in [-0.15, -0.1) is 11.3 Å². The quantitative estimate of drug-likeness (QED) is 0.858. The molecule has 3 N–H and O–H groups in total. The number of rotatable bonds is 6. The zero-order chi connectivity index (χ0) is 14.6. The zero-order valence-electron chi connectivity index (χ0n) is 11.2. The molecular formula is C14H18N2O2S2. The van der Waals surface area contributed by atoms with Crippen LogP contribution in [0.25, 0.3) is 0 Å². The standard InChI is InChI=1S/C14H18N2O2S2/c1-11(9-13-6-4-8-19-13)16-20(17,18)14-7-3-2-5-12(14)10-15/h2-8,11,16H,9-10,15H2,1H3. The molecule has 1 unspecified atom stereocenters. The normalized spacial score (nSPS) is 13.3. The van der Waals surface area contributed by atoms with E-state index in [4.69, 9.17) is 5.73 Å². The van der Waals surface area contributed by atoms with Crippen molar-refractivity contribution in [3.8, 4) is 0 Å². The molecule has 4 nitrogen and oxygen atoms in total. The lowest BCUT2D eigenvalue weighted by atomic mass is 10.2. The molecule has 1 aromatic heterocycles. The smallest absolute Gasteiger partial charge is 0.241 e. The first-order valence-electron chi connectivity index (χ1n) is 6.35. The fourth-order valence-electron chi connectivity index (χ4n) is 2.04. The number of nitrogens with one attached hydrogen (secondary N) is 1. The summed E-state index contributed by atoms with van der Waals surface area (Å²) in [5.74, 6) is 0. The molecule has 2 rings (SSSR count). The van der Waals surface area contributed by atoms with Crippen molar-refractivity contribution >= 4 is 21.4 Å². The minimum absolute atomic E-state index is 0.163. The highest BCUT2D eigenvalue weighted by molar-refractivity contribution is 7.89. The number of benzene rings is 1. The van der Waals surface area contributed by atoms with Gasteiger partial charge in [0.15, 0.2) is 0 Å². The van der Waals surface area contributed by atoms with Gasteiger partial charge < -0.3 is 5.73 Å². The van der Waals surface area contributed by atoms with E-state index in [-0.39, 0.29) is 17.5 Å². The van der Waals surface area contributed by atoms with Gasteiger partial charge in [-0.3, -0.25) is 0 Å². The maximum absolute atomic E-state index is 12.4. The van der Waals surface area contributed by atoms with E-state index in [0.717, 1.165) is 4.88 Å². The van der Waals surface area contributed by atoms with E-state index in [2.05, 4.69) is 4.72 Å². The van der Waals surface area contributed by atoms with Crippen LogP contribution in [-0.2, 0) is 23.0 Å². The second kappa shape index (κ2) is 6.49. The summed E-state index contributed by atoms with van der Waals surface area (Å²) in [6.45, 7) is 2.07. The van der Waals surface area contributed by atoms with Crippen molar-refractivity contribution in [3.63, 3.8) is 0 Å². The highest BCUT2D eigenvalue weighted by Gasteiger charge is 2.20. The summed E-state index contributed by atoms with van der Waals surface area (Å²) in [6, 6.07) is 10.6. The number of hydrogen-bond donors (Lipinski definition) is 2. The minimum Gasteiger partial charge on any atom is -0.326 e. The Morgan fingerprint density at radius 3 is 2.65 bits per heavy atom. The molecule has 1 heterocycles. The van der Waals surface area contributed by atoms with Gasteiger partial charge in [-0.05, 0) is 36.4 Å². The molecule has 0 aliphatic carbocycles. The maximum atomic E-state index is 12.4. The van der Waals surface area contributed by atoms with Crippen LogP contribution in [0.3, 0.4) is 0 Å². The fraction of sp³-hybridized carbons (Fsp3) is 0.286. The first kappa shape index (κ1) is 15.2. The van der Waals surface area contributed by atoms with E-state index in [0.29, 0.717) is 12.0 Å². The van der Waals surface area contributed by atoms with Gasteiger partial charge in [-0.1, -0.05) is 24.3 Å². The monoisotopic (exact) mass is 310 g/mol. The third-order valence-electron chi connectivity index (χ3n) is 2.93. The molecule has 0 fully saturated rings. The summed E-state index contributed by atoms with van der Waals surface area (Å²) in [4.78, 5) is 1.42. The van der Waals surface area contributed by atoms with Crippen LogP contribution in [0.1, 0.15) is 17.4 Å². The second-order valence-corrected chi connectivity index (χ2v) is 7.33. The number of sulfonamides is 1. The van der Waals surface area contributed by atoms with Gasteiger partial charge in [-0.2, -0.15) is 0 Å². The molecule has 108 valence electrons. The number of thiophene rings is 1. The average Bonchev–Trinajstić information content (AvgIpc) is 2.90. The molecular weight excluding hydrogens is 292 g/mol. The molecule has 1 aromatic carbocycles. The Hall–Kier alpha value is -1.21. The molecule has 0 amide bonds. The fourth-order valence-corrected chi connectivity index (χ4v) is 4.36. The first-order valence-corrected chi connectivity index (χ1v) is 8.72. The highest BCUT2D eigenvalue weighted by Crippen LogP contribution is 2.17. The Morgan fingerprint density at radius 2 is 2.00 bits per heavy atom. The lowest BCUT2D eigenvalue weighted by molar-refractivity contribution is 0.559. The van der Waals surface area contributed by atoms with Crippen molar-refractivity contribution in [1.82, 2.24) is 4.72 Å². The molecule has 0 bridgehead atoms. The molecule has 0 aliphatic heterocycles. The Kier molecular flexibility index (Phi) is 4.93. The van der Waals surface area contributed by atoms with Crippen LogP contribution in [-0.4, -0.2) is 14.5 Å². The number of nitrogens with two attached hydrogens (primary N) is 1. The van der Waals surface area contributed by atoms with E-state index in [1.54, 1.807) is 35.6 Å². The average molecular weight is 310 g/mol. The molecule has 0 spiro atoms. The molecule has 0 saturated carbocycles. The van der Waals surface area contributed by atoms with Crippen molar-refractivity contribution < 1.29 is 8.42 Å². The van der Waals surface area contributed by atoms with Gasteiger partial charge in [0.05, 0.1) is 4.90 Å². The van der Waals surface area contributed by atoms with Crippen molar-refractivity contribution in [1.29, 1.82) is 0 Å². The van der Waals surface area contributed by atoms with Gasteiger partial charge in [0.1, 0.15) is 0 Å². The van der Waals surface area contributed by atoms with Gasteiger partial charge in [0.2, 0.25) is 10.0 Å². The summed E-state index contributed by atoms with van der Waals surface area (Å²) >= 11 is 1.63. The van der Waals surface area contributed by atoms with Crippen LogP contribution >= 0.6 is 11.3 Å². The second-order valence-electron chi connectivity index (χ2n) is 4.62. The molecule has 1 atom stereocenters. The predicted octanol–water partition coefficient (Wildman–Crippen LogP) is 2.12. The Bertz CT molecular complexity index is 652. The van der Waals surface area contributed by atoms with Crippen molar-refractivity contribution in [2.75, 3.05) is 0 Å². The van der Waals surface area contributed by atoms with Crippen LogP contribution in [0.4, 0.5) is 0 Å². The molecule has 6 heteroatoms. The summed E-state index contributed by atoms with van der Waals surface area (Å²) in [5, 5.41) is 1.99. The molecule has 20 heavy (non-hydrogen) atoms. The molecule has 0 radical (unpaired) electrons. The molecule has 0 aliphatic rings. The van der Waals surface area contributed by atoms with E-state index in [1.807, 2.05) is 24.4 Å². The van der Waals surface area contributed by atoms with Gasteiger partial charge >= 0.3 is 0 Å². The van der Waals surface area contributed by atoms with Crippen LogP contribution in [0, 0.1) is 0 Å². The molecule has 2 aromatic rings. The van der Waals surface area contributed by atoms with Gasteiger partial charge in [-0.25, -0.2) is 13.1 Å². The summed E-state index contributed by atoms with van der Waals surface area (Å²) < 4.78 is 27.5. The Morgan fingerprint density at radius 1 is 1.25 bits per heavy atom. The Labute approximate surface area is 123 Å². The minimum atomic E-state index is -3.53. The summed E-state index contributed by atoms with van der Waals surface area (Å²) in [6.07, 6.45) is 0.682. The van der Waals surface area contributed by atoms with Crippen molar-refractivity contribution in [2.45, 2.75) is 30.8 Å². The first-order chi connectivity index (χ1) is 9.53. The van der Waals surface area contributed by atoms with Crippen molar-refractivity contribution in [2.24, 2.45) is 5.73 Å². The van der Waals surface area contributed by atoms with E-state index in [1.165, 1.54) is 0 Å². The van der Waals surface area contributed by atoms with E-state index in [9.17, 15) is 8.42 Å².